The molecule has 0 saturated heterocycles. The standard InChI is InChI=1S/C10H9FIN3O2S/c1-15-6-8(5-13-15)18(16,17)14-10-3-2-7(11)4-9(10)12/h2-6,14H,1H3. The smallest absolute Gasteiger partial charge is 0.265 e. The van der Waals surface area contributed by atoms with Crippen LogP contribution in [-0.4, -0.2) is 18.2 Å². The molecule has 2 rings (SSSR count). The number of hydrogen-bond donors (Lipinski definition) is 1. The number of nitrogens with one attached hydrogen (secondary N) is 1. The highest BCUT2D eigenvalue weighted by atomic mass is 127. The molecule has 1 aromatic heterocycles. The van der Waals surface area contributed by atoms with Crippen molar-refractivity contribution in [2.24, 2.45) is 7.05 Å². The molecule has 8 heteroatoms. The van der Waals surface area contributed by atoms with Crippen molar-refractivity contribution in [1.82, 2.24) is 9.78 Å². The lowest BCUT2D eigenvalue weighted by Crippen LogP contribution is -2.13. The van der Waals surface area contributed by atoms with Gasteiger partial charge in [0, 0.05) is 16.8 Å². The Balaban J connectivity index is 2.33. The molecule has 0 atom stereocenters. The maximum atomic E-state index is 12.9. The zero-order chi connectivity index (χ0) is 13.3. The number of aromatic nitrogens is 2. The molecule has 0 unspecified atom stereocenters. The third-order valence-corrected chi connectivity index (χ3v) is 4.38. The number of benzene rings is 1. The summed E-state index contributed by atoms with van der Waals surface area (Å²) in [6.45, 7) is 0. The van der Waals surface area contributed by atoms with Gasteiger partial charge in [-0.3, -0.25) is 9.40 Å². The van der Waals surface area contributed by atoms with Crippen molar-refractivity contribution in [3.8, 4) is 0 Å². The lowest BCUT2D eigenvalue weighted by Gasteiger charge is -2.08. The molecule has 0 aliphatic rings. The van der Waals surface area contributed by atoms with Crippen LogP contribution in [0.25, 0.3) is 0 Å². The fourth-order valence-electron chi connectivity index (χ4n) is 1.31. The molecular formula is C10H9FIN3O2S. The van der Waals surface area contributed by atoms with Gasteiger partial charge in [-0.25, -0.2) is 12.8 Å². The average molecular weight is 381 g/mol. The van der Waals surface area contributed by atoms with Crippen LogP contribution in [0.5, 0.6) is 0 Å². The Kier molecular flexibility index (Phi) is 3.57. The summed E-state index contributed by atoms with van der Waals surface area (Å²) in [5.41, 5.74) is 0.334. The Morgan fingerprint density at radius 1 is 1.44 bits per heavy atom. The van der Waals surface area contributed by atoms with E-state index in [1.165, 1.54) is 35.3 Å². The van der Waals surface area contributed by atoms with E-state index >= 15 is 0 Å². The van der Waals surface area contributed by atoms with Crippen LogP contribution in [0.3, 0.4) is 0 Å². The first-order valence-corrected chi connectivity index (χ1v) is 7.41. The first kappa shape index (κ1) is 13.3. The number of rotatable bonds is 3. The van der Waals surface area contributed by atoms with Gasteiger partial charge in [0.1, 0.15) is 10.7 Å². The van der Waals surface area contributed by atoms with Crippen LogP contribution in [0.1, 0.15) is 0 Å². The predicted molar refractivity (Wildman–Crippen MR) is 73.1 cm³/mol. The molecule has 0 aliphatic carbocycles. The Morgan fingerprint density at radius 2 is 2.17 bits per heavy atom. The fraction of sp³-hybridized carbons (Fsp3) is 0.100. The van der Waals surface area contributed by atoms with Crippen LogP contribution in [-0.2, 0) is 17.1 Å². The van der Waals surface area contributed by atoms with Crippen LogP contribution in [0.2, 0.25) is 0 Å². The van der Waals surface area contributed by atoms with Crippen LogP contribution >= 0.6 is 22.6 Å². The van der Waals surface area contributed by atoms with E-state index in [0.717, 1.165) is 0 Å². The molecular weight excluding hydrogens is 372 g/mol. The third kappa shape index (κ3) is 2.80. The normalized spacial score (nSPS) is 11.5. The van der Waals surface area contributed by atoms with Gasteiger partial charge in [-0.2, -0.15) is 5.10 Å². The number of aryl methyl sites for hydroxylation is 1. The van der Waals surface area contributed by atoms with Gasteiger partial charge in [-0.05, 0) is 40.8 Å². The van der Waals surface area contributed by atoms with E-state index in [1.807, 2.05) is 22.6 Å². The third-order valence-electron chi connectivity index (χ3n) is 2.17. The van der Waals surface area contributed by atoms with Gasteiger partial charge in [0.15, 0.2) is 0 Å². The Morgan fingerprint density at radius 3 is 2.72 bits per heavy atom. The molecule has 0 amide bonds. The molecule has 1 aromatic carbocycles. The summed E-state index contributed by atoms with van der Waals surface area (Å²) in [5.74, 6) is -0.413. The highest BCUT2D eigenvalue weighted by Crippen LogP contribution is 2.22. The minimum Gasteiger partial charge on any atom is -0.278 e. The molecule has 0 saturated carbocycles. The van der Waals surface area contributed by atoms with Crippen molar-refractivity contribution in [1.29, 1.82) is 0 Å². The number of anilines is 1. The second-order valence-corrected chi connectivity index (χ2v) is 6.42. The van der Waals surface area contributed by atoms with Crippen molar-refractivity contribution in [3.63, 3.8) is 0 Å². The van der Waals surface area contributed by atoms with E-state index < -0.39 is 15.8 Å². The molecule has 1 heterocycles. The van der Waals surface area contributed by atoms with Crippen molar-refractivity contribution in [2.45, 2.75) is 4.90 Å². The monoisotopic (exact) mass is 381 g/mol. The lowest BCUT2D eigenvalue weighted by molar-refractivity contribution is 0.600. The summed E-state index contributed by atoms with van der Waals surface area (Å²) in [4.78, 5) is 0.0603. The Hall–Kier alpha value is -1.16. The minimum absolute atomic E-state index is 0.0603. The highest BCUT2D eigenvalue weighted by molar-refractivity contribution is 14.1. The van der Waals surface area contributed by atoms with Crippen LogP contribution < -0.4 is 4.72 Å². The van der Waals surface area contributed by atoms with Crippen molar-refractivity contribution in [2.75, 3.05) is 4.72 Å². The highest BCUT2D eigenvalue weighted by Gasteiger charge is 2.17. The van der Waals surface area contributed by atoms with Gasteiger partial charge < -0.3 is 0 Å². The van der Waals surface area contributed by atoms with Crippen LogP contribution in [0.15, 0.2) is 35.5 Å². The molecule has 96 valence electrons. The van der Waals surface area contributed by atoms with Crippen molar-refractivity contribution < 1.29 is 12.8 Å². The van der Waals surface area contributed by atoms with E-state index in [2.05, 4.69) is 9.82 Å². The minimum atomic E-state index is -3.69. The molecule has 0 fully saturated rings. The van der Waals surface area contributed by atoms with Crippen molar-refractivity contribution >= 4 is 38.3 Å². The van der Waals surface area contributed by atoms with Gasteiger partial charge >= 0.3 is 0 Å². The summed E-state index contributed by atoms with van der Waals surface area (Å²) in [6.07, 6.45) is 2.64. The van der Waals surface area contributed by atoms with Gasteiger partial charge in [-0.15, -0.1) is 0 Å². The molecule has 1 N–H and O–H groups in total. The van der Waals surface area contributed by atoms with Crippen LogP contribution in [0, 0.1) is 9.39 Å². The van der Waals surface area contributed by atoms with Crippen LogP contribution in [0.4, 0.5) is 10.1 Å². The largest absolute Gasteiger partial charge is 0.278 e. The summed E-state index contributed by atoms with van der Waals surface area (Å²) in [6, 6.07) is 3.83. The lowest BCUT2D eigenvalue weighted by atomic mass is 10.3. The topological polar surface area (TPSA) is 64.0 Å². The van der Waals surface area contributed by atoms with E-state index in [-0.39, 0.29) is 4.90 Å². The number of sulfonamides is 1. The molecule has 0 aliphatic heterocycles. The van der Waals surface area contributed by atoms with Gasteiger partial charge in [0.2, 0.25) is 0 Å². The Bertz CT molecular complexity index is 684. The van der Waals surface area contributed by atoms with E-state index in [4.69, 9.17) is 0 Å². The average Bonchev–Trinajstić information content (AvgIpc) is 2.70. The maximum Gasteiger partial charge on any atom is 0.265 e. The molecule has 18 heavy (non-hydrogen) atoms. The second-order valence-electron chi connectivity index (χ2n) is 3.58. The first-order chi connectivity index (χ1) is 8.38. The molecule has 0 bridgehead atoms. The maximum absolute atomic E-state index is 12.9. The summed E-state index contributed by atoms with van der Waals surface area (Å²) >= 11 is 1.86. The van der Waals surface area contributed by atoms with E-state index in [1.54, 1.807) is 7.05 Å². The Labute approximate surface area is 117 Å². The van der Waals surface area contributed by atoms with Crippen molar-refractivity contribution in [3.05, 3.63) is 40.0 Å². The molecule has 2 aromatic rings. The molecule has 0 radical (unpaired) electrons. The SMILES string of the molecule is Cn1cc(S(=O)(=O)Nc2ccc(F)cc2I)cn1. The summed E-state index contributed by atoms with van der Waals surface area (Å²) < 4.78 is 41.2. The molecule has 0 spiro atoms. The van der Waals surface area contributed by atoms with Gasteiger partial charge in [0.25, 0.3) is 10.0 Å². The molecule has 5 nitrogen and oxygen atoms in total. The van der Waals surface area contributed by atoms with E-state index in [9.17, 15) is 12.8 Å². The predicted octanol–water partition coefficient (Wildman–Crippen LogP) is 1.96. The summed E-state index contributed by atoms with van der Waals surface area (Å²) in [5, 5.41) is 3.80. The van der Waals surface area contributed by atoms with Gasteiger partial charge in [-0.1, -0.05) is 0 Å². The quantitative estimate of drug-likeness (QED) is 0.827. The first-order valence-electron chi connectivity index (χ1n) is 4.85. The fourth-order valence-corrected chi connectivity index (χ4v) is 3.17. The number of halogens is 2. The van der Waals surface area contributed by atoms with E-state index in [0.29, 0.717) is 9.26 Å². The summed E-state index contributed by atoms with van der Waals surface area (Å²) in [7, 11) is -2.06. The van der Waals surface area contributed by atoms with Gasteiger partial charge in [0.05, 0.1) is 11.9 Å². The number of nitrogens with zero attached hydrogens (tertiary/aromatic N) is 2. The zero-order valence-electron chi connectivity index (χ0n) is 9.26. The second kappa shape index (κ2) is 4.84. The zero-order valence-corrected chi connectivity index (χ0v) is 12.2. The number of hydrogen-bond acceptors (Lipinski definition) is 3.